The molecule has 0 aliphatic carbocycles. The van der Waals surface area contributed by atoms with E-state index in [1.807, 2.05) is 32.9 Å². The summed E-state index contributed by atoms with van der Waals surface area (Å²) < 4.78 is 11.2. The zero-order chi connectivity index (χ0) is 19.9. The molecule has 1 amide bonds. The second kappa shape index (κ2) is 13.9. The first-order valence-electron chi connectivity index (χ1n) is 9.62. The number of aliphatic imine (C=N–C) groups is 1. The highest BCUT2D eigenvalue weighted by atomic mass is 16.5. The van der Waals surface area contributed by atoms with E-state index < -0.39 is 0 Å². The standard InChI is InChI=1S/C20H34N4O3/c1-5-10-22-19(25)9-11-23-20(21-4)24-15-17-8-7-16(3)14-18(17)27-13-12-26-6-2/h7-8,14H,5-6,9-13,15H2,1-4H3,(H,22,25)(H2,21,23,24). The molecule has 1 aromatic rings. The highest BCUT2D eigenvalue weighted by molar-refractivity contribution is 5.81. The van der Waals surface area contributed by atoms with Crippen LogP contribution in [0.1, 0.15) is 37.8 Å². The van der Waals surface area contributed by atoms with Crippen molar-refractivity contribution in [3.05, 3.63) is 29.3 Å². The first-order valence-corrected chi connectivity index (χ1v) is 9.62. The van der Waals surface area contributed by atoms with Crippen LogP contribution >= 0.6 is 0 Å². The Balaban J connectivity index is 2.48. The monoisotopic (exact) mass is 378 g/mol. The number of nitrogens with one attached hydrogen (secondary N) is 3. The first kappa shape index (κ1) is 22.8. The van der Waals surface area contributed by atoms with E-state index in [4.69, 9.17) is 9.47 Å². The third-order valence-corrected chi connectivity index (χ3v) is 3.80. The van der Waals surface area contributed by atoms with Gasteiger partial charge in [-0.15, -0.1) is 0 Å². The number of aryl methyl sites for hydroxylation is 1. The van der Waals surface area contributed by atoms with Gasteiger partial charge in [0.2, 0.25) is 5.91 Å². The van der Waals surface area contributed by atoms with Gasteiger partial charge in [0.05, 0.1) is 6.61 Å². The predicted octanol–water partition coefficient (Wildman–Crippen LogP) is 1.99. The number of nitrogens with zero attached hydrogens (tertiary/aromatic N) is 1. The zero-order valence-corrected chi connectivity index (χ0v) is 17.1. The molecule has 0 unspecified atom stereocenters. The Bertz CT molecular complexity index is 591. The van der Waals surface area contributed by atoms with Crippen LogP contribution < -0.4 is 20.7 Å². The minimum Gasteiger partial charge on any atom is -0.491 e. The molecule has 0 aromatic heterocycles. The van der Waals surface area contributed by atoms with Crippen LogP contribution in [-0.4, -0.2) is 51.8 Å². The Morgan fingerprint density at radius 3 is 2.63 bits per heavy atom. The number of carbonyl (C=O) groups is 1. The molecule has 1 rings (SSSR count). The van der Waals surface area contributed by atoms with Crippen LogP contribution in [0, 0.1) is 6.92 Å². The summed E-state index contributed by atoms with van der Waals surface area (Å²) in [4.78, 5) is 15.8. The van der Waals surface area contributed by atoms with Gasteiger partial charge in [0, 0.05) is 45.3 Å². The van der Waals surface area contributed by atoms with Crippen LogP contribution in [0.5, 0.6) is 5.75 Å². The van der Waals surface area contributed by atoms with E-state index >= 15 is 0 Å². The molecule has 1 aromatic carbocycles. The first-order chi connectivity index (χ1) is 13.1. The van der Waals surface area contributed by atoms with Gasteiger partial charge >= 0.3 is 0 Å². The van der Waals surface area contributed by atoms with Crippen LogP contribution in [-0.2, 0) is 16.1 Å². The third kappa shape index (κ3) is 9.84. The molecule has 7 nitrogen and oxygen atoms in total. The van der Waals surface area contributed by atoms with Crippen LogP contribution in [0.2, 0.25) is 0 Å². The number of rotatable bonds is 12. The molecule has 0 heterocycles. The Morgan fingerprint density at radius 1 is 1.11 bits per heavy atom. The van der Waals surface area contributed by atoms with Gasteiger partial charge in [-0.1, -0.05) is 19.1 Å². The molecule has 3 N–H and O–H groups in total. The average Bonchev–Trinajstić information content (AvgIpc) is 2.67. The van der Waals surface area contributed by atoms with Crippen LogP contribution in [0.25, 0.3) is 0 Å². The molecule has 0 saturated heterocycles. The van der Waals surface area contributed by atoms with Crippen molar-refractivity contribution in [2.75, 3.05) is 40.0 Å². The van der Waals surface area contributed by atoms with E-state index in [1.54, 1.807) is 7.05 Å². The van der Waals surface area contributed by atoms with Gasteiger partial charge in [0.25, 0.3) is 0 Å². The van der Waals surface area contributed by atoms with Crippen molar-refractivity contribution in [2.24, 2.45) is 4.99 Å². The third-order valence-electron chi connectivity index (χ3n) is 3.80. The number of hydrogen-bond acceptors (Lipinski definition) is 4. The summed E-state index contributed by atoms with van der Waals surface area (Å²) in [6.45, 7) is 9.63. The van der Waals surface area contributed by atoms with Gasteiger partial charge in [-0.2, -0.15) is 0 Å². The molecule has 0 aliphatic heterocycles. The maximum Gasteiger partial charge on any atom is 0.221 e. The number of hydrogen-bond donors (Lipinski definition) is 3. The van der Waals surface area contributed by atoms with E-state index in [0.29, 0.717) is 51.8 Å². The summed E-state index contributed by atoms with van der Waals surface area (Å²) in [6, 6.07) is 6.13. The van der Waals surface area contributed by atoms with Crippen LogP contribution in [0.15, 0.2) is 23.2 Å². The van der Waals surface area contributed by atoms with Crippen molar-refractivity contribution in [3.8, 4) is 5.75 Å². The van der Waals surface area contributed by atoms with Crippen molar-refractivity contribution in [1.29, 1.82) is 0 Å². The summed E-state index contributed by atoms with van der Waals surface area (Å²) >= 11 is 0. The second-order valence-electron chi connectivity index (χ2n) is 6.11. The molecule has 0 saturated carbocycles. The molecule has 152 valence electrons. The molecule has 0 atom stereocenters. The molecular formula is C20H34N4O3. The van der Waals surface area contributed by atoms with Crippen molar-refractivity contribution in [3.63, 3.8) is 0 Å². The number of carbonyl (C=O) groups excluding carboxylic acids is 1. The minimum atomic E-state index is 0.0447. The minimum absolute atomic E-state index is 0.0447. The smallest absolute Gasteiger partial charge is 0.221 e. The lowest BCUT2D eigenvalue weighted by atomic mass is 10.1. The lowest BCUT2D eigenvalue weighted by molar-refractivity contribution is -0.120. The Morgan fingerprint density at radius 2 is 1.93 bits per heavy atom. The van der Waals surface area contributed by atoms with Gasteiger partial charge < -0.3 is 25.4 Å². The average molecular weight is 379 g/mol. The van der Waals surface area contributed by atoms with Crippen LogP contribution in [0.4, 0.5) is 0 Å². The number of guanidine groups is 1. The topological polar surface area (TPSA) is 84.0 Å². The largest absolute Gasteiger partial charge is 0.491 e. The maximum atomic E-state index is 11.6. The number of ether oxygens (including phenoxy) is 2. The van der Waals surface area contributed by atoms with Crippen molar-refractivity contribution < 1.29 is 14.3 Å². The van der Waals surface area contributed by atoms with E-state index in [9.17, 15) is 4.79 Å². The van der Waals surface area contributed by atoms with Crippen molar-refractivity contribution in [2.45, 2.75) is 40.2 Å². The van der Waals surface area contributed by atoms with Crippen molar-refractivity contribution in [1.82, 2.24) is 16.0 Å². The zero-order valence-electron chi connectivity index (χ0n) is 17.1. The lowest BCUT2D eigenvalue weighted by Gasteiger charge is -2.15. The Hall–Kier alpha value is -2.28. The summed E-state index contributed by atoms with van der Waals surface area (Å²) in [5, 5.41) is 9.27. The van der Waals surface area contributed by atoms with Gasteiger partial charge in [-0.05, 0) is 31.9 Å². The molecule has 0 fully saturated rings. The molecule has 0 radical (unpaired) electrons. The molecule has 0 aliphatic rings. The van der Waals surface area contributed by atoms with E-state index in [-0.39, 0.29) is 5.91 Å². The van der Waals surface area contributed by atoms with Gasteiger partial charge in [0.1, 0.15) is 12.4 Å². The van der Waals surface area contributed by atoms with E-state index in [2.05, 4.69) is 27.0 Å². The van der Waals surface area contributed by atoms with E-state index in [1.165, 1.54) is 0 Å². The van der Waals surface area contributed by atoms with Gasteiger partial charge in [0.15, 0.2) is 5.96 Å². The molecule has 0 bridgehead atoms. The summed E-state index contributed by atoms with van der Waals surface area (Å²) in [5.41, 5.74) is 2.19. The normalized spacial score (nSPS) is 11.2. The summed E-state index contributed by atoms with van der Waals surface area (Å²) in [5.74, 6) is 1.54. The number of benzene rings is 1. The molecular weight excluding hydrogens is 344 g/mol. The fraction of sp³-hybridized carbons (Fsp3) is 0.600. The molecule has 27 heavy (non-hydrogen) atoms. The predicted molar refractivity (Wildman–Crippen MR) is 109 cm³/mol. The van der Waals surface area contributed by atoms with E-state index in [0.717, 1.165) is 23.3 Å². The molecule has 0 spiro atoms. The Labute approximate surface area is 162 Å². The fourth-order valence-corrected chi connectivity index (χ4v) is 2.34. The molecule has 7 heteroatoms. The van der Waals surface area contributed by atoms with Gasteiger partial charge in [-0.25, -0.2) is 0 Å². The number of amides is 1. The Kier molecular flexibility index (Phi) is 11.7. The van der Waals surface area contributed by atoms with Crippen molar-refractivity contribution >= 4 is 11.9 Å². The second-order valence-corrected chi connectivity index (χ2v) is 6.11. The fourth-order valence-electron chi connectivity index (χ4n) is 2.34. The summed E-state index contributed by atoms with van der Waals surface area (Å²) in [6.07, 6.45) is 1.35. The highest BCUT2D eigenvalue weighted by Crippen LogP contribution is 2.20. The highest BCUT2D eigenvalue weighted by Gasteiger charge is 2.07. The SMILES string of the molecule is CCCNC(=O)CCNC(=NC)NCc1ccc(C)cc1OCCOCC. The quantitative estimate of drug-likeness (QED) is 0.294. The maximum absolute atomic E-state index is 11.6. The lowest BCUT2D eigenvalue weighted by Crippen LogP contribution is -2.39. The van der Waals surface area contributed by atoms with Crippen LogP contribution in [0.3, 0.4) is 0 Å². The van der Waals surface area contributed by atoms with Gasteiger partial charge in [-0.3, -0.25) is 9.79 Å². The summed E-state index contributed by atoms with van der Waals surface area (Å²) in [7, 11) is 1.71.